The Balaban J connectivity index is 0. The summed E-state index contributed by atoms with van der Waals surface area (Å²) in [6.07, 6.45) is -1.58. The molecule has 0 spiro atoms. The summed E-state index contributed by atoms with van der Waals surface area (Å²) in [5.74, 6) is 0. The van der Waals surface area contributed by atoms with E-state index in [1.165, 1.54) is 0 Å². The van der Waals surface area contributed by atoms with Gasteiger partial charge in [-0.25, -0.2) is 24.3 Å². The maximum absolute atomic E-state index is 8.67. The van der Waals surface area contributed by atoms with Crippen molar-refractivity contribution in [3.05, 3.63) is 60.7 Å². The predicted octanol–water partition coefficient (Wildman–Crippen LogP) is 1.10. The molecule has 0 aliphatic heterocycles. The van der Waals surface area contributed by atoms with Crippen LogP contribution in [0.4, 0.5) is 4.79 Å². The molecule has 2 rings (SSSR count). The number of carbonyl (C=O) groups is 1. The van der Waals surface area contributed by atoms with Gasteiger partial charge >= 0.3 is 17.1 Å². The van der Waals surface area contributed by atoms with Crippen molar-refractivity contribution in [2.75, 3.05) is 0 Å². The van der Waals surface area contributed by atoms with E-state index in [-0.39, 0.29) is 17.1 Å². The monoisotopic (exact) mass is 246 g/mol. The molecule has 2 aromatic rings. The molecule has 15 heavy (non-hydrogen) atoms. The predicted molar refractivity (Wildman–Crippen MR) is 53.7 cm³/mol. The fourth-order valence-electron chi connectivity index (χ4n) is 0.642. The summed E-state index contributed by atoms with van der Waals surface area (Å²) < 4.78 is 0. The normalized spacial score (nSPS) is 6.93. The van der Waals surface area contributed by atoms with Crippen LogP contribution in [-0.2, 0) is 17.1 Å². The summed E-state index contributed by atoms with van der Waals surface area (Å²) in [4.78, 5) is 8.67. The van der Waals surface area contributed by atoms with Gasteiger partial charge in [0.15, 0.2) is 0 Å². The third-order valence-corrected chi connectivity index (χ3v) is 1.11. The van der Waals surface area contributed by atoms with Crippen LogP contribution < -0.4 is 10.8 Å². The molecule has 1 amide bonds. The van der Waals surface area contributed by atoms with Crippen LogP contribution in [0.5, 0.6) is 0 Å². The Labute approximate surface area is 99.7 Å². The van der Waals surface area contributed by atoms with Gasteiger partial charge in [0.25, 0.3) is 0 Å². The van der Waals surface area contributed by atoms with Crippen molar-refractivity contribution >= 4 is 6.09 Å². The molecule has 0 bridgehead atoms. The first kappa shape index (κ1) is 15.9. The topological polar surface area (TPSA) is 66.2 Å². The molecule has 2 aromatic carbocycles. The van der Waals surface area contributed by atoms with Gasteiger partial charge in [-0.05, 0) is 0 Å². The van der Waals surface area contributed by atoms with E-state index in [1.807, 2.05) is 60.7 Å². The average molecular weight is 246 g/mol. The quantitative estimate of drug-likeness (QED) is 0.558. The Morgan fingerprint density at radius 1 is 0.933 bits per heavy atom. The fourth-order valence-corrected chi connectivity index (χ4v) is 0.642. The summed E-state index contributed by atoms with van der Waals surface area (Å²) in [5.41, 5.74) is 3.92. The van der Waals surface area contributed by atoms with E-state index in [1.54, 1.807) is 0 Å². The van der Waals surface area contributed by atoms with Crippen molar-refractivity contribution in [1.29, 1.82) is 0 Å². The third kappa shape index (κ3) is 19.1. The van der Waals surface area contributed by atoms with Crippen LogP contribution in [0.3, 0.4) is 0 Å². The van der Waals surface area contributed by atoms with Crippen molar-refractivity contribution < 1.29 is 27.0 Å². The molecule has 0 heterocycles. The second kappa shape index (κ2) is 12.5. The van der Waals surface area contributed by atoms with Crippen LogP contribution in [0.2, 0.25) is 0 Å². The van der Waals surface area contributed by atoms with Gasteiger partial charge in [-0.15, -0.1) is 0 Å². The van der Waals surface area contributed by atoms with E-state index in [2.05, 4.69) is 5.73 Å². The molecular weight excluding hydrogens is 234 g/mol. The van der Waals surface area contributed by atoms with Gasteiger partial charge in [0.05, 0.1) is 0 Å². The van der Waals surface area contributed by atoms with Gasteiger partial charge in [-0.1, -0.05) is 0 Å². The number of hydrogen-bond acceptors (Lipinski definition) is 2. The smallest absolute Gasteiger partial charge is 0.530 e. The molecule has 0 fully saturated rings. The Hall–Kier alpha value is -1.51. The third-order valence-electron chi connectivity index (χ3n) is 1.11. The number of hydrogen-bond donors (Lipinski definition) is 1. The molecule has 0 aliphatic rings. The van der Waals surface area contributed by atoms with Crippen LogP contribution >= 0.6 is 0 Å². The van der Waals surface area contributed by atoms with E-state index < -0.39 is 6.09 Å². The Morgan fingerprint density at radius 3 is 1.20 bits per heavy atom. The SMILES string of the molecule is NC(=O)[O-].[Fe+3].c1cc[cH-]c1.c1cc[cH-]c1. The van der Waals surface area contributed by atoms with Crippen molar-refractivity contribution in [1.82, 2.24) is 0 Å². The zero-order valence-corrected chi connectivity index (χ0v) is 9.13. The van der Waals surface area contributed by atoms with Crippen LogP contribution in [-0.4, -0.2) is 6.09 Å². The van der Waals surface area contributed by atoms with E-state index in [9.17, 15) is 0 Å². The van der Waals surface area contributed by atoms with Crippen LogP contribution in [0.15, 0.2) is 60.7 Å². The second-order valence-corrected chi connectivity index (χ2v) is 2.24. The largest absolute Gasteiger partial charge is 3.00 e. The number of rotatable bonds is 0. The van der Waals surface area contributed by atoms with Gasteiger partial charge in [0.1, 0.15) is 6.09 Å². The van der Waals surface area contributed by atoms with Gasteiger partial charge in [-0.3, -0.25) is 0 Å². The van der Waals surface area contributed by atoms with Crippen LogP contribution in [0.1, 0.15) is 0 Å². The number of nitrogens with two attached hydrogens (primary N) is 1. The minimum Gasteiger partial charge on any atom is -0.530 e. The molecule has 3 nitrogen and oxygen atoms in total. The molecule has 0 atom stereocenters. The molecule has 0 saturated carbocycles. The molecular formula is C11H12FeNO2. The number of carbonyl (C=O) groups excluding carboxylic acids is 1. The molecule has 81 valence electrons. The zero-order valence-electron chi connectivity index (χ0n) is 8.02. The maximum Gasteiger partial charge on any atom is 3.00 e. The summed E-state index contributed by atoms with van der Waals surface area (Å²) in [5, 5.41) is 8.67. The first-order valence-corrected chi connectivity index (χ1v) is 4.03. The molecule has 0 saturated heterocycles. The number of primary amides is 1. The molecule has 0 aliphatic carbocycles. The van der Waals surface area contributed by atoms with Gasteiger partial charge in [-0.2, -0.15) is 36.4 Å². The molecule has 1 radical (unpaired) electrons. The first-order chi connectivity index (χ1) is 6.73. The number of carboxylic acid groups (broad SMARTS) is 1. The van der Waals surface area contributed by atoms with Crippen LogP contribution in [0.25, 0.3) is 0 Å². The van der Waals surface area contributed by atoms with E-state index in [0.717, 1.165) is 0 Å². The Bertz CT molecular complexity index is 226. The average Bonchev–Trinajstić information content (AvgIpc) is 2.83. The second-order valence-electron chi connectivity index (χ2n) is 2.24. The minimum atomic E-state index is -1.58. The maximum atomic E-state index is 8.67. The molecule has 0 unspecified atom stereocenters. The first-order valence-electron chi connectivity index (χ1n) is 4.03. The Morgan fingerprint density at radius 2 is 1.13 bits per heavy atom. The van der Waals surface area contributed by atoms with Gasteiger partial charge < -0.3 is 15.6 Å². The summed E-state index contributed by atoms with van der Waals surface area (Å²) in [7, 11) is 0. The summed E-state index contributed by atoms with van der Waals surface area (Å²) >= 11 is 0. The fraction of sp³-hybridized carbons (Fsp3) is 0. The Kier molecular flexibility index (Phi) is 13.3. The summed E-state index contributed by atoms with van der Waals surface area (Å²) in [6, 6.07) is 20.0. The van der Waals surface area contributed by atoms with Gasteiger partial charge in [0.2, 0.25) is 0 Å². The molecule has 0 aromatic heterocycles. The van der Waals surface area contributed by atoms with E-state index >= 15 is 0 Å². The summed E-state index contributed by atoms with van der Waals surface area (Å²) in [6.45, 7) is 0. The van der Waals surface area contributed by atoms with E-state index in [4.69, 9.17) is 9.90 Å². The van der Waals surface area contributed by atoms with Crippen molar-refractivity contribution in [2.24, 2.45) is 5.73 Å². The minimum absolute atomic E-state index is 0. The van der Waals surface area contributed by atoms with Crippen molar-refractivity contribution in [3.8, 4) is 0 Å². The zero-order chi connectivity index (χ0) is 10.6. The molecule has 4 heteroatoms. The van der Waals surface area contributed by atoms with Crippen LogP contribution in [0, 0.1) is 0 Å². The van der Waals surface area contributed by atoms with Gasteiger partial charge in [0, 0.05) is 0 Å². The van der Waals surface area contributed by atoms with Crippen molar-refractivity contribution in [3.63, 3.8) is 0 Å². The molecule has 2 N–H and O–H groups in total. The van der Waals surface area contributed by atoms with Crippen molar-refractivity contribution in [2.45, 2.75) is 0 Å². The van der Waals surface area contributed by atoms with E-state index in [0.29, 0.717) is 0 Å². The standard InChI is InChI=1S/2C5H5.CH3NO2.Fe/c2*1-2-4-5-3-1;2-1(3)4;/h2*1-5H;2H2,(H,3,4);/q2*-1;;+3/p-1. The number of amides is 1.